The number of hydrogen-bond acceptors (Lipinski definition) is 5. The van der Waals surface area contributed by atoms with E-state index in [-0.39, 0.29) is 5.91 Å². The molecule has 2 fully saturated rings. The number of aromatic nitrogens is 2. The molecule has 150 valence electrons. The summed E-state index contributed by atoms with van der Waals surface area (Å²) in [6.45, 7) is 10.3. The fourth-order valence-electron chi connectivity index (χ4n) is 4.54. The quantitative estimate of drug-likeness (QED) is 0.791. The molecule has 0 saturated carbocycles. The van der Waals surface area contributed by atoms with E-state index in [0.717, 1.165) is 56.0 Å². The van der Waals surface area contributed by atoms with Crippen molar-refractivity contribution in [2.75, 3.05) is 50.7 Å². The number of likely N-dealkylation sites (tertiary alicyclic amines) is 1. The molecule has 0 spiro atoms. The number of piperidine rings is 1. The summed E-state index contributed by atoms with van der Waals surface area (Å²) < 4.78 is 0. The van der Waals surface area contributed by atoms with Crippen LogP contribution < -0.4 is 4.90 Å². The minimum Gasteiger partial charge on any atom is -0.353 e. The van der Waals surface area contributed by atoms with Crippen molar-refractivity contribution in [2.45, 2.75) is 20.3 Å². The first kappa shape index (κ1) is 19.4. The van der Waals surface area contributed by atoms with Crippen LogP contribution in [0.1, 0.15) is 20.3 Å². The Labute approximate surface area is 171 Å². The summed E-state index contributed by atoms with van der Waals surface area (Å²) in [4.78, 5) is 28.2. The zero-order valence-electron chi connectivity index (χ0n) is 16.6. The van der Waals surface area contributed by atoms with E-state index in [4.69, 9.17) is 11.6 Å². The molecule has 2 aliphatic rings. The average molecular weight is 402 g/mol. The van der Waals surface area contributed by atoms with Crippen molar-refractivity contribution in [3.8, 4) is 0 Å². The normalized spacial score (nSPS) is 24.0. The van der Waals surface area contributed by atoms with Gasteiger partial charge in [-0.2, -0.15) is 0 Å². The van der Waals surface area contributed by atoms with Crippen LogP contribution in [-0.4, -0.2) is 71.5 Å². The van der Waals surface area contributed by atoms with Gasteiger partial charge in [0, 0.05) is 49.7 Å². The number of amides is 1. The van der Waals surface area contributed by atoms with Crippen LogP contribution in [0.4, 0.5) is 5.82 Å². The van der Waals surface area contributed by atoms with Crippen LogP contribution in [0.3, 0.4) is 0 Å². The van der Waals surface area contributed by atoms with Gasteiger partial charge in [0.1, 0.15) is 12.1 Å². The third-order valence-corrected chi connectivity index (χ3v) is 6.06. The molecular weight excluding hydrogens is 374 g/mol. The SMILES string of the molecule is CC1CC(C)CN(C(=O)CN2CCN(c3ncnc4cc(Cl)ccc34)CC2)C1. The maximum Gasteiger partial charge on any atom is 0.236 e. The van der Waals surface area contributed by atoms with Crippen molar-refractivity contribution in [3.05, 3.63) is 29.5 Å². The van der Waals surface area contributed by atoms with Crippen molar-refractivity contribution in [3.63, 3.8) is 0 Å². The smallest absolute Gasteiger partial charge is 0.236 e. The molecule has 7 heteroatoms. The Bertz CT molecular complexity index is 842. The topological polar surface area (TPSA) is 52.6 Å². The fraction of sp³-hybridized carbons (Fsp3) is 0.571. The van der Waals surface area contributed by atoms with Gasteiger partial charge in [-0.3, -0.25) is 9.69 Å². The predicted octanol–water partition coefficient (Wildman–Crippen LogP) is 2.91. The standard InChI is InChI=1S/C21H28ClN5O/c1-15-9-16(2)12-27(11-15)20(28)13-25-5-7-26(8-6-25)21-18-4-3-17(22)10-19(18)23-14-24-21/h3-4,10,14-16H,5-9,11-13H2,1-2H3. The number of halogens is 1. The molecule has 2 unspecified atom stereocenters. The summed E-state index contributed by atoms with van der Waals surface area (Å²) in [5.41, 5.74) is 0.864. The lowest BCUT2D eigenvalue weighted by molar-refractivity contribution is -0.135. The van der Waals surface area contributed by atoms with Gasteiger partial charge in [-0.15, -0.1) is 0 Å². The zero-order chi connectivity index (χ0) is 19.7. The zero-order valence-corrected chi connectivity index (χ0v) is 17.4. The summed E-state index contributed by atoms with van der Waals surface area (Å²) in [5, 5.41) is 1.70. The summed E-state index contributed by atoms with van der Waals surface area (Å²) in [6.07, 6.45) is 2.82. The molecule has 1 aromatic heterocycles. The molecule has 4 rings (SSSR count). The van der Waals surface area contributed by atoms with E-state index in [0.29, 0.717) is 23.4 Å². The van der Waals surface area contributed by atoms with E-state index in [1.54, 1.807) is 6.33 Å². The second-order valence-electron chi connectivity index (χ2n) is 8.37. The first-order chi connectivity index (χ1) is 13.5. The van der Waals surface area contributed by atoms with Crippen LogP contribution in [-0.2, 0) is 4.79 Å². The van der Waals surface area contributed by atoms with Crippen LogP contribution in [0.15, 0.2) is 24.5 Å². The van der Waals surface area contributed by atoms with Gasteiger partial charge in [-0.25, -0.2) is 9.97 Å². The predicted molar refractivity (Wildman–Crippen MR) is 113 cm³/mol. The van der Waals surface area contributed by atoms with Gasteiger partial charge in [0.2, 0.25) is 5.91 Å². The molecule has 1 aromatic carbocycles. The third kappa shape index (κ3) is 4.23. The summed E-state index contributed by atoms with van der Waals surface area (Å²) in [5.74, 6) is 2.42. The number of nitrogens with zero attached hydrogens (tertiary/aromatic N) is 5. The average Bonchev–Trinajstić information content (AvgIpc) is 2.67. The maximum atomic E-state index is 12.8. The highest BCUT2D eigenvalue weighted by Gasteiger charge is 2.28. The number of fused-ring (bicyclic) bond motifs is 1. The number of rotatable bonds is 3. The highest BCUT2D eigenvalue weighted by atomic mass is 35.5. The Kier molecular flexibility index (Phi) is 5.69. The van der Waals surface area contributed by atoms with E-state index < -0.39 is 0 Å². The summed E-state index contributed by atoms with van der Waals surface area (Å²) in [7, 11) is 0. The van der Waals surface area contributed by atoms with Gasteiger partial charge in [-0.1, -0.05) is 25.4 Å². The lowest BCUT2D eigenvalue weighted by atomic mass is 9.92. The van der Waals surface area contributed by atoms with Crippen molar-refractivity contribution in [2.24, 2.45) is 11.8 Å². The number of carbonyl (C=O) groups excluding carboxylic acids is 1. The Morgan fingerprint density at radius 3 is 2.54 bits per heavy atom. The van der Waals surface area contributed by atoms with Crippen molar-refractivity contribution >= 4 is 34.2 Å². The molecule has 2 saturated heterocycles. The van der Waals surface area contributed by atoms with Crippen molar-refractivity contribution in [1.29, 1.82) is 0 Å². The molecule has 2 atom stereocenters. The van der Waals surface area contributed by atoms with Gasteiger partial charge < -0.3 is 9.80 Å². The Morgan fingerprint density at radius 2 is 1.82 bits per heavy atom. The Hall–Kier alpha value is -1.92. The molecule has 2 aliphatic heterocycles. The number of anilines is 1. The molecule has 2 aromatic rings. The minimum absolute atomic E-state index is 0.272. The maximum absolute atomic E-state index is 12.8. The summed E-state index contributed by atoms with van der Waals surface area (Å²) >= 11 is 6.09. The molecule has 0 radical (unpaired) electrons. The number of piperazine rings is 1. The van der Waals surface area contributed by atoms with Crippen LogP contribution in [0.2, 0.25) is 5.02 Å². The van der Waals surface area contributed by atoms with Crippen LogP contribution >= 0.6 is 11.6 Å². The van der Waals surface area contributed by atoms with Crippen LogP contribution in [0.25, 0.3) is 10.9 Å². The lowest BCUT2D eigenvalue weighted by Gasteiger charge is -2.38. The molecule has 6 nitrogen and oxygen atoms in total. The van der Waals surface area contributed by atoms with Crippen molar-refractivity contribution < 1.29 is 4.79 Å². The molecule has 28 heavy (non-hydrogen) atoms. The molecule has 1 amide bonds. The molecule has 3 heterocycles. The van der Waals surface area contributed by atoms with E-state index in [2.05, 4.69) is 38.5 Å². The van der Waals surface area contributed by atoms with E-state index in [1.165, 1.54) is 6.42 Å². The first-order valence-electron chi connectivity index (χ1n) is 10.1. The number of hydrogen-bond donors (Lipinski definition) is 0. The number of benzene rings is 1. The summed E-state index contributed by atoms with van der Waals surface area (Å²) in [6, 6.07) is 5.74. The van der Waals surface area contributed by atoms with Gasteiger partial charge in [0.25, 0.3) is 0 Å². The Balaban J connectivity index is 1.37. The molecular formula is C21H28ClN5O. The fourth-order valence-corrected chi connectivity index (χ4v) is 4.71. The molecule has 0 N–H and O–H groups in total. The second kappa shape index (κ2) is 8.21. The third-order valence-electron chi connectivity index (χ3n) is 5.83. The second-order valence-corrected chi connectivity index (χ2v) is 8.80. The first-order valence-corrected chi connectivity index (χ1v) is 10.5. The van der Waals surface area contributed by atoms with Gasteiger partial charge in [0.15, 0.2) is 0 Å². The van der Waals surface area contributed by atoms with E-state index in [1.807, 2.05) is 18.2 Å². The van der Waals surface area contributed by atoms with Crippen molar-refractivity contribution in [1.82, 2.24) is 19.8 Å². The minimum atomic E-state index is 0.272. The Morgan fingerprint density at radius 1 is 1.11 bits per heavy atom. The molecule has 0 aliphatic carbocycles. The van der Waals surface area contributed by atoms with Gasteiger partial charge >= 0.3 is 0 Å². The number of carbonyl (C=O) groups is 1. The van der Waals surface area contributed by atoms with E-state index in [9.17, 15) is 4.79 Å². The lowest BCUT2D eigenvalue weighted by Crippen LogP contribution is -2.52. The molecule has 0 bridgehead atoms. The highest BCUT2D eigenvalue weighted by Crippen LogP contribution is 2.26. The largest absolute Gasteiger partial charge is 0.353 e. The van der Waals surface area contributed by atoms with Crippen LogP contribution in [0.5, 0.6) is 0 Å². The van der Waals surface area contributed by atoms with Crippen LogP contribution in [0, 0.1) is 11.8 Å². The monoisotopic (exact) mass is 401 g/mol. The highest BCUT2D eigenvalue weighted by molar-refractivity contribution is 6.31. The van der Waals surface area contributed by atoms with Gasteiger partial charge in [-0.05, 0) is 36.5 Å². The van der Waals surface area contributed by atoms with E-state index >= 15 is 0 Å². The van der Waals surface area contributed by atoms with Gasteiger partial charge in [0.05, 0.1) is 12.1 Å².